The fourth-order valence-corrected chi connectivity index (χ4v) is 2.64. The number of anilines is 1. The number of nitrogens with zero attached hydrogens (tertiary/aromatic N) is 1. The second-order valence-electron chi connectivity index (χ2n) is 4.99. The van der Waals surface area contributed by atoms with Crippen molar-refractivity contribution in [1.82, 2.24) is 4.90 Å². The van der Waals surface area contributed by atoms with Crippen molar-refractivity contribution in [1.29, 1.82) is 0 Å². The first-order valence-corrected chi connectivity index (χ1v) is 6.83. The van der Waals surface area contributed by atoms with Crippen molar-refractivity contribution >= 4 is 17.3 Å². The summed E-state index contributed by atoms with van der Waals surface area (Å²) in [5, 5.41) is 4.21. The summed E-state index contributed by atoms with van der Waals surface area (Å²) in [7, 11) is 0. The van der Waals surface area contributed by atoms with Crippen LogP contribution in [0, 0.1) is 5.92 Å². The van der Waals surface area contributed by atoms with E-state index in [9.17, 15) is 0 Å². The summed E-state index contributed by atoms with van der Waals surface area (Å²) in [6.45, 7) is 6.96. The quantitative estimate of drug-likeness (QED) is 0.883. The van der Waals surface area contributed by atoms with Crippen LogP contribution in [0.15, 0.2) is 24.3 Å². The van der Waals surface area contributed by atoms with Crippen LogP contribution in [0.3, 0.4) is 0 Å². The molecule has 3 heteroatoms. The average molecular weight is 253 g/mol. The van der Waals surface area contributed by atoms with E-state index in [0.717, 1.165) is 29.7 Å². The number of benzene rings is 1. The molecular weight excluding hydrogens is 232 g/mol. The van der Waals surface area contributed by atoms with Gasteiger partial charge in [0.15, 0.2) is 0 Å². The second-order valence-corrected chi connectivity index (χ2v) is 5.42. The lowest BCUT2D eigenvalue weighted by Crippen LogP contribution is -2.37. The maximum absolute atomic E-state index is 5.94. The zero-order valence-corrected chi connectivity index (χ0v) is 11.2. The molecule has 1 atom stereocenters. The van der Waals surface area contributed by atoms with Gasteiger partial charge in [0.2, 0.25) is 0 Å². The number of halogens is 1. The normalized spacial score (nSPS) is 21.4. The molecule has 0 bridgehead atoms. The van der Waals surface area contributed by atoms with E-state index in [1.54, 1.807) is 0 Å². The highest BCUT2D eigenvalue weighted by atomic mass is 35.5. The van der Waals surface area contributed by atoms with E-state index in [-0.39, 0.29) is 0 Å². The molecule has 1 aliphatic heterocycles. The lowest BCUT2D eigenvalue weighted by Gasteiger charge is -2.30. The van der Waals surface area contributed by atoms with Gasteiger partial charge in [-0.05, 0) is 43.5 Å². The highest BCUT2D eigenvalue weighted by molar-refractivity contribution is 6.30. The van der Waals surface area contributed by atoms with Gasteiger partial charge in [-0.25, -0.2) is 0 Å². The Hall–Kier alpha value is -0.730. The Morgan fingerprint density at radius 1 is 1.47 bits per heavy atom. The predicted octanol–water partition coefficient (Wildman–Crippen LogP) is 3.48. The Morgan fingerprint density at radius 3 is 3.12 bits per heavy atom. The Kier molecular flexibility index (Phi) is 4.69. The standard InChI is InChI=1S/C14H21ClN2/c1-12-4-3-8-17(11-12)9-7-16-14-6-2-5-13(15)10-14/h2,5-6,10,12,16H,3-4,7-9,11H2,1H3. The Balaban J connectivity index is 1.72. The lowest BCUT2D eigenvalue weighted by atomic mass is 10.0. The molecule has 1 aromatic carbocycles. The summed E-state index contributed by atoms with van der Waals surface area (Å²) < 4.78 is 0. The predicted molar refractivity (Wildman–Crippen MR) is 74.8 cm³/mol. The molecule has 0 spiro atoms. The zero-order valence-electron chi connectivity index (χ0n) is 10.5. The lowest BCUT2D eigenvalue weighted by molar-refractivity contribution is 0.190. The molecule has 94 valence electrons. The molecule has 1 aromatic rings. The van der Waals surface area contributed by atoms with Crippen molar-refractivity contribution < 1.29 is 0 Å². The summed E-state index contributed by atoms with van der Waals surface area (Å²) in [5.41, 5.74) is 1.11. The van der Waals surface area contributed by atoms with Crippen LogP contribution in [-0.2, 0) is 0 Å². The molecule has 0 radical (unpaired) electrons. The van der Waals surface area contributed by atoms with Crippen LogP contribution < -0.4 is 5.32 Å². The van der Waals surface area contributed by atoms with E-state index < -0.39 is 0 Å². The van der Waals surface area contributed by atoms with Crippen molar-refractivity contribution in [2.45, 2.75) is 19.8 Å². The molecule has 1 fully saturated rings. The number of hydrogen-bond acceptors (Lipinski definition) is 2. The van der Waals surface area contributed by atoms with Crippen LogP contribution in [-0.4, -0.2) is 31.1 Å². The highest BCUT2D eigenvalue weighted by Gasteiger charge is 2.15. The van der Waals surface area contributed by atoms with Gasteiger partial charge in [0, 0.05) is 30.3 Å². The molecule has 1 heterocycles. The second kappa shape index (κ2) is 6.27. The molecule has 2 nitrogen and oxygen atoms in total. The molecule has 2 rings (SSSR count). The van der Waals surface area contributed by atoms with Crippen LogP contribution in [0.5, 0.6) is 0 Å². The van der Waals surface area contributed by atoms with E-state index in [2.05, 4.69) is 23.2 Å². The zero-order chi connectivity index (χ0) is 12.1. The molecule has 1 aliphatic rings. The molecule has 0 aromatic heterocycles. The van der Waals surface area contributed by atoms with Crippen LogP contribution in [0.1, 0.15) is 19.8 Å². The third-order valence-electron chi connectivity index (χ3n) is 3.32. The molecule has 0 amide bonds. The first-order chi connectivity index (χ1) is 8.24. The molecule has 1 N–H and O–H groups in total. The van der Waals surface area contributed by atoms with Crippen molar-refractivity contribution in [2.75, 3.05) is 31.5 Å². The minimum Gasteiger partial charge on any atom is -0.384 e. The van der Waals surface area contributed by atoms with E-state index in [4.69, 9.17) is 11.6 Å². The van der Waals surface area contributed by atoms with E-state index in [0.29, 0.717) is 0 Å². The molecule has 17 heavy (non-hydrogen) atoms. The topological polar surface area (TPSA) is 15.3 Å². The average Bonchev–Trinajstić information content (AvgIpc) is 2.29. The molecule has 0 aliphatic carbocycles. The first kappa shape index (κ1) is 12.7. The van der Waals surface area contributed by atoms with E-state index in [1.165, 1.54) is 25.9 Å². The maximum atomic E-state index is 5.94. The summed E-state index contributed by atoms with van der Waals surface area (Å²) in [6.07, 6.45) is 2.73. The number of likely N-dealkylation sites (tertiary alicyclic amines) is 1. The van der Waals surface area contributed by atoms with Crippen molar-refractivity contribution in [3.8, 4) is 0 Å². The van der Waals surface area contributed by atoms with Gasteiger partial charge in [-0.3, -0.25) is 0 Å². The van der Waals surface area contributed by atoms with Gasteiger partial charge < -0.3 is 10.2 Å². The summed E-state index contributed by atoms with van der Waals surface area (Å²) in [4.78, 5) is 2.55. The van der Waals surface area contributed by atoms with Crippen LogP contribution >= 0.6 is 11.6 Å². The largest absolute Gasteiger partial charge is 0.384 e. The minimum atomic E-state index is 0.793. The summed E-state index contributed by atoms with van der Waals surface area (Å²) >= 11 is 5.94. The van der Waals surface area contributed by atoms with Crippen molar-refractivity contribution in [2.24, 2.45) is 5.92 Å². The fraction of sp³-hybridized carbons (Fsp3) is 0.571. The molecular formula is C14H21ClN2. The molecule has 0 saturated carbocycles. The van der Waals surface area contributed by atoms with Gasteiger partial charge in [-0.2, -0.15) is 0 Å². The fourth-order valence-electron chi connectivity index (χ4n) is 2.45. The van der Waals surface area contributed by atoms with Gasteiger partial charge in [0.1, 0.15) is 0 Å². The third-order valence-corrected chi connectivity index (χ3v) is 3.56. The Morgan fingerprint density at radius 2 is 2.35 bits per heavy atom. The monoisotopic (exact) mass is 252 g/mol. The van der Waals surface area contributed by atoms with Gasteiger partial charge in [-0.1, -0.05) is 24.6 Å². The Bertz CT molecular complexity index is 354. The maximum Gasteiger partial charge on any atom is 0.0426 e. The smallest absolute Gasteiger partial charge is 0.0426 e. The molecule has 1 saturated heterocycles. The van der Waals surface area contributed by atoms with Gasteiger partial charge in [0.25, 0.3) is 0 Å². The minimum absolute atomic E-state index is 0.793. The summed E-state index contributed by atoms with van der Waals surface area (Å²) in [6, 6.07) is 7.91. The number of piperidine rings is 1. The SMILES string of the molecule is CC1CCCN(CCNc2cccc(Cl)c2)C1. The number of hydrogen-bond donors (Lipinski definition) is 1. The van der Waals surface area contributed by atoms with E-state index >= 15 is 0 Å². The van der Waals surface area contributed by atoms with Crippen LogP contribution in [0.4, 0.5) is 5.69 Å². The molecule has 1 unspecified atom stereocenters. The van der Waals surface area contributed by atoms with Crippen LogP contribution in [0.25, 0.3) is 0 Å². The Labute approximate surface area is 109 Å². The van der Waals surface area contributed by atoms with Gasteiger partial charge in [-0.15, -0.1) is 0 Å². The van der Waals surface area contributed by atoms with Gasteiger partial charge >= 0.3 is 0 Å². The highest BCUT2D eigenvalue weighted by Crippen LogP contribution is 2.16. The van der Waals surface area contributed by atoms with E-state index in [1.807, 2.05) is 18.2 Å². The number of nitrogens with one attached hydrogen (secondary N) is 1. The third kappa shape index (κ3) is 4.21. The van der Waals surface area contributed by atoms with Crippen molar-refractivity contribution in [3.05, 3.63) is 29.3 Å². The van der Waals surface area contributed by atoms with Crippen molar-refractivity contribution in [3.63, 3.8) is 0 Å². The summed E-state index contributed by atoms with van der Waals surface area (Å²) in [5.74, 6) is 0.856. The van der Waals surface area contributed by atoms with Crippen LogP contribution in [0.2, 0.25) is 5.02 Å². The number of rotatable bonds is 4. The first-order valence-electron chi connectivity index (χ1n) is 6.46. The van der Waals surface area contributed by atoms with Gasteiger partial charge in [0.05, 0.1) is 0 Å².